The van der Waals surface area contributed by atoms with Crippen molar-refractivity contribution < 1.29 is 17.8 Å². The molecule has 0 heterocycles. The first kappa shape index (κ1) is 21.2. The molecule has 0 atom stereocenters. The van der Waals surface area contributed by atoms with Crippen LogP contribution in [0.1, 0.15) is 44.1 Å². The van der Waals surface area contributed by atoms with Gasteiger partial charge >= 0.3 is 10.3 Å². The number of hydrogen-bond acceptors (Lipinski definition) is 4. The minimum atomic E-state index is -3.97. The van der Waals surface area contributed by atoms with Crippen LogP contribution in [0, 0.1) is 0 Å². The summed E-state index contributed by atoms with van der Waals surface area (Å²) in [6, 6.07) is 10.2. The maximum Gasteiger partial charge on any atom is 0.333 e. The number of benzene rings is 1. The molecule has 0 radical (unpaired) electrons. The SMILES string of the molecule is NC(N)=NOCCCc1ccccc1.O=S(=O)(O)NC1CCCCC1. The average molecular weight is 372 g/mol. The Morgan fingerprint density at radius 3 is 2.40 bits per heavy atom. The zero-order valence-electron chi connectivity index (χ0n) is 14.3. The third-order valence-electron chi connectivity index (χ3n) is 3.63. The predicted molar refractivity (Wildman–Crippen MR) is 98.1 cm³/mol. The van der Waals surface area contributed by atoms with Gasteiger partial charge in [-0.25, -0.2) is 0 Å². The van der Waals surface area contributed by atoms with Gasteiger partial charge in [0.05, 0.1) is 0 Å². The zero-order valence-corrected chi connectivity index (χ0v) is 15.1. The van der Waals surface area contributed by atoms with Crippen molar-refractivity contribution >= 4 is 16.3 Å². The normalized spacial score (nSPS) is 14.9. The highest BCUT2D eigenvalue weighted by molar-refractivity contribution is 7.83. The fraction of sp³-hybridized carbons (Fsp3) is 0.562. The summed E-state index contributed by atoms with van der Waals surface area (Å²) in [5.41, 5.74) is 11.5. The van der Waals surface area contributed by atoms with Gasteiger partial charge in [-0.1, -0.05) is 49.6 Å². The van der Waals surface area contributed by atoms with Crippen LogP contribution in [-0.2, 0) is 21.6 Å². The molecule has 1 aromatic carbocycles. The van der Waals surface area contributed by atoms with Gasteiger partial charge in [-0.3, -0.25) is 4.55 Å². The molecule has 0 aromatic heterocycles. The molecule has 0 saturated heterocycles. The minimum Gasteiger partial charge on any atom is -0.393 e. The van der Waals surface area contributed by atoms with Crippen molar-refractivity contribution in [3.05, 3.63) is 35.9 Å². The number of nitrogens with zero attached hydrogens (tertiary/aromatic N) is 1. The monoisotopic (exact) mass is 372 g/mol. The first-order valence-corrected chi connectivity index (χ1v) is 9.80. The van der Waals surface area contributed by atoms with Gasteiger partial charge in [0, 0.05) is 6.04 Å². The summed E-state index contributed by atoms with van der Waals surface area (Å²) in [7, 11) is -3.97. The van der Waals surface area contributed by atoms with Crippen LogP contribution in [0.2, 0.25) is 0 Å². The number of guanidine groups is 1. The van der Waals surface area contributed by atoms with Crippen LogP contribution >= 0.6 is 0 Å². The second-order valence-electron chi connectivity index (χ2n) is 5.87. The van der Waals surface area contributed by atoms with E-state index in [-0.39, 0.29) is 12.0 Å². The number of nitrogens with one attached hydrogen (secondary N) is 1. The second kappa shape index (κ2) is 11.7. The van der Waals surface area contributed by atoms with Gasteiger partial charge in [-0.15, -0.1) is 0 Å². The molecule has 2 rings (SSSR count). The Morgan fingerprint density at radius 1 is 1.20 bits per heavy atom. The van der Waals surface area contributed by atoms with Gasteiger partial charge in [0.1, 0.15) is 6.61 Å². The maximum absolute atomic E-state index is 10.3. The smallest absolute Gasteiger partial charge is 0.333 e. The Balaban J connectivity index is 0.000000257. The number of nitrogens with two attached hydrogens (primary N) is 2. The van der Waals surface area contributed by atoms with Crippen molar-refractivity contribution in [1.29, 1.82) is 0 Å². The van der Waals surface area contributed by atoms with Crippen molar-refractivity contribution in [2.24, 2.45) is 16.6 Å². The lowest BCUT2D eigenvalue weighted by molar-refractivity contribution is 0.141. The Labute approximate surface area is 149 Å². The Hall–Kier alpha value is -1.84. The highest BCUT2D eigenvalue weighted by Crippen LogP contribution is 2.17. The van der Waals surface area contributed by atoms with Gasteiger partial charge in [-0.05, 0) is 36.4 Å². The molecule has 0 amide bonds. The number of hydrogen-bond donors (Lipinski definition) is 4. The van der Waals surface area contributed by atoms with Crippen molar-refractivity contribution in [2.75, 3.05) is 6.61 Å². The van der Waals surface area contributed by atoms with E-state index in [1.807, 2.05) is 18.2 Å². The number of oxime groups is 1. The summed E-state index contributed by atoms with van der Waals surface area (Å²) in [6.07, 6.45) is 6.84. The largest absolute Gasteiger partial charge is 0.393 e. The molecule has 1 aliphatic carbocycles. The van der Waals surface area contributed by atoms with E-state index in [0.717, 1.165) is 38.5 Å². The molecule has 0 unspecified atom stereocenters. The van der Waals surface area contributed by atoms with Gasteiger partial charge in [0.25, 0.3) is 0 Å². The molecule has 25 heavy (non-hydrogen) atoms. The summed E-state index contributed by atoms with van der Waals surface area (Å²) in [5.74, 6) is -0.0373. The Bertz CT molecular complexity index is 598. The van der Waals surface area contributed by atoms with Crippen molar-refractivity contribution in [3.8, 4) is 0 Å². The first-order chi connectivity index (χ1) is 11.9. The quantitative estimate of drug-likeness (QED) is 0.188. The van der Waals surface area contributed by atoms with Gasteiger partial charge in [0.15, 0.2) is 0 Å². The highest BCUT2D eigenvalue weighted by Gasteiger charge is 2.17. The van der Waals surface area contributed by atoms with Crippen LogP contribution in [0.25, 0.3) is 0 Å². The van der Waals surface area contributed by atoms with Crippen molar-refractivity contribution in [1.82, 2.24) is 4.72 Å². The third-order valence-corrected chi connectivity index (χ3v) is 4.27. The summed E-state index contributed by atoms with van der Waals surface area (Å²) in [5, 5.41) is 3.43. The molecular formula is C16H28N4O4S. The van der Waals surface area contributed by atoms with E-state index in [1.165, 1.54) is 12.0 Å². The summed E-state index contributed by atoms with van der Waals surface area (Å²) in [6.45, 7) is 0.535. The van der Waals surface area contributed by atoms with Crippen LogP contribution in [0.5, 0.6) is 0 Å². The van der Waals surface area contributed by atoms with Gasteiger partial charge in [0.2, 0.25) is 5.96 Å². The molecule has 0 aliphatic heterocycles. The average Bonchev–Trinajstić information content (AvgIpc) is 2.55. The van der Waals surface area contributed by atoms with Crippen LogP contribution in [0.15, 0.2) is 35.5 Å². The molecule has 1 aliphatic rings. The third kappa shape index (κ3) is 12.2. The van der Waals surface area contributed by atoms with Crippen LogP contribution in [0.3, 0.4) is 0 Å². The minimum absolute atomic E-state index is 0.0373. The summed E-state index contributed by atoms with van der Waals surface area (Å²) >= 11 is 0. The standard InChI is InChI=1S/C10H15N3O.C6H13NO3S/c11-10(12)13-14-8-4-7-9-5-2-1-3-6-9;8-11(9,10)7-6-4-2-1-3-5-6/h1-3,5-6H,4,7-8H2,(H4,11,12,13);6-7H,1-5H2,(H,8,9,10). The van der Waals surface area contributed by atoms with Crippen LogP contribution in [0.4, 0.5) is 0 Å². The molecule has 1 aromatic rings. The molecule has 9 heteroatoms. The highest BCUT2D eigenvalue weighted by atomic mass is 32.2. The van der Waals surface area contributed by atoms with E-state index in [1.54, 1.807) is 0 Å². The molecule has 142 valence electrons. The molecule has 0 spiro atoms. The van der Waals surface area contributed by atoms with Gasteiger partial charge in [-0.2, -0.15) is 13.1 Å². The van der Waals surface area contributed by atoms with Crippen molar-refractivity contribution in [2.45, 2.75) is 51.0 Å². The first-order valence-electron chi connectivity index (χ1n) is 8.36. The van der Waals surface area contributed by atoms with E-state index < -0.39 is 10.3 Å². The van der Waals surface area contributed by atoms with E-state index in [4.69, 9.17) is 20.9 Å². The predicted octanol–water partition coefficient (Wildman–Crippen LogP) is 1.54. The lowest BCUT2D eigenvalue weighted by atomic mass is 9.96. The summed E-state index contributed by atoms with van der Waals surface area (Å²) < 4.78 is 31.3. The van der Waals surface area contributed by atoms with E-state index in [9.17, 15) is 8.42 Å². The topological polar surface area (TPSA) is 140 Å². The maximum atomic E-state index is 10.3. The second-order valence-corrected chi connectivity index (χ2v) is 7.05. The lowest BCUT2D eigenvalue weighted by Crippen LogP contribution is -2.35. The number of rotatable bonds is 7. The molecule has 1 fully saturated rings. The van der Waals surface area contributed by atoms with Gasteiger partial charge < -0.3 is 16.3 Å². The molecular weight excluding hydrogens is 344 g/mol. The Kier molecular flexibility index (Phi) is 9.90. The Morgan fingerprint density at radius 2 is 1.84 bits per heavy atom. The molecule has 6 N–H and O–H groups in total. The van der Waals surface area contributed by atoms with E-state index in [2.05, 4.69) is 22.0 Å². The fourth-order valence-electron chi connectivity index (χ4n) is 2.54. The summed E-state index contributed by atoms with van der Waals surface area (Å²) in [4.78, 5) is 4.85. The molecule has 8 nitrogen and oxygen atoms in total. The van der Waals surface area contributed by atoms with Crippen molar-refractivity contribution in [3.63, 3.8) is 0 Å². The number of aryl methyl sites for hydroxylation is 1. The fourth-order valence-corrected chi connectivity index (χ4v) is 3.19. The lowest BCUT2D eigenvalue weighted by Gasteiger charge is -2.20. The van der Waals surface area contributed by atoms with E-state index >= 15 is 0 Å². The van der Waals surface area contributed by atoms with E-state index in [0.29, 0.717) is 6.61 Å². The molecule has 1 saturated carbocycles. The molecule has 0 bridgehead atoms. The zero-order chi connectivity index (χ0) is 18.5. The van der Waals surface area contributed by atoms with Crippen LogP contribution in [-0.4, -0.2) is 31.6 Å². The van der Waals surface area contributed by atoms with Crippen LogP contribution < -0.4 is 16.2 Å².